The van der Waals surface area contributed by atoms with E-state index in [0.717, 1.165) is 18.6 Å². The molecule has 2 atom stereocenters. The number of carbonyl (C=O) groups is 2. The largest absolute Gasteiger partial charge is 0.481 e. The molecule has 7 heteroatoms. The summed E-state index contributed by atoms with van der Waals surface area (Å²) in [4.78, 5) is 23.4. The van der Waals surface area contributed by atoms with Crippen LogP contribution in [0.15, 0.2) is 36.4 Å². The highest BCUT2D eigenvalue weighted by molar-refractivity contribution is 5.90. The number of aliphatic carboxylic acids is 1. The van der Waals surface area contributed by atoms with Crippen molar-refractivity contribution in [3.63, 3.8) is 0 Å². The Morgan fingerprint density at radius 1 is 1.08 bits per heavy atom. The first-order valence-electron chi connectivity index (χ1n) is 7.64. The summed E-state index contributed by atoms with van der Waals surface area (Å²) in [6, 6.07) is 4.77. The van der Waals surface area contributed by atoms with Crippen LogP contribution in [0.1, 0.15) is 30.4 Å². The molecule has 0 aliphatic heterocycles. The average Bonchev–Trinajstić information content (AvgIpc) is 2.40. The monoisotopic (exact) mass is 339 g/mol. The van der Waals surface area contributed by atoms with Gasteiger partial charge in [0.1, 0.15) is 0 Å². The number of carboxylic acids is 1. The molecule has 1 aromatic carbocycles. The van der Waals surface area contributed by atoms with Crippen molar-refractivity contribution in [3.8, 4) is 0 Å². The number of alkyl halides is 3. The van der Waals surface area contributed by atoms with E-state index in [4.69, 9.17) is 5.11 Å². The number of amides is 1. The number of benzene rings is 1. The van der Waals surface area contributed by atoms with Gasteiger partial charge >= 0.3 is 12.1 Å². The van der Waals surface area contributed by atoms with Gasteiger partial charge in [0.2, 0.25) is 5.91 Å². The molecular formula is C17H16F3NO3. The minimum Gasteiger partial charge on any atom is -0.481 e. The predicted molar refractivity (Wildman–Crippen MR) is 78.9 cm³/mol. The normalized spacial score (nSPS) is 24.6. The van der Waals surface area contributed by atoms with Gasteiger partial charge in [-0.3, -0.25) is 9.59 Å². The van der Waals surface area contributed by atoms with Crippen LogP contribution >= 0.6 is 0 Å². The Bertz CT molecular complexity index is 690. The Morgan fingerprint density at radius 3 is 2.04 bits per heavy atom. The van der Waals surface area contributed by atoms with Crippen LogP contribution < -0.4 is 5.32 Å². The summed E-state index contributed by atoms with van der Waals surface area (Å²) in [6.45, 7) is 0. The van der Waals surface area contributed by atoms with E-state index in [0.29, 0.717) is 18.4 Å². The van der Waals surface area contributed by atoms with Crippen molar-refractivity contribution in [1.29, 1.82) is 0 Å². The van der Waals surface area contributed by atoms with Crippen molar-refractivity contribution in [1.82, 2.24) is 5.32 Å². The first-order valence-corrected chi connectivity index (χ1v) is 7.64. The minimum absolute atomic E-state index is 0.399. The molecule has 0 heterocycles. The van der Waals surface area contributed by atoms with Gasteiger partial charge in [0.15, 0.2) is 0 Å². The zero-order valence-electron chi connectivity index (χ0n) is 12.6. The van der Waals surface area contributed by atoms with E-state index in [1.165, 1.54) is 24.3 Å². The van der Waals surface area contributed by atoms with Gasteiger partial charge in [0.25, 0.3) is 0 Å². The summed E-state index contributed by atoms with van der Waals surface area (Å²) >= 11 is 0. The van der Waals surface area contributed by atoms with Gasteiger partial charge in [0, 0.05) is 0 Å². The number of carboxylic acid groups (broad SMARTS) is 1. The number of carbonyl (C=O) groups excluding carboxylic acids is 1. The lowest BCUT2D eigenvalue weighted by Gasteiger charge is -2.44. The highest BCUT2D eigenvalue weighted by atomic mass is 19.4. The van der Waals surface area contributed by atoms with Gasteiger partial charge in [-0.15, -0.1) is 0 Å². The smallest absolute Gasteiger partial charge is 0.416 e. The van der Waals surface area contributed by atoms with Crippen LogP contribution in [0.5, 0.6) is 0 Å². The van der Waals surface area contributed by atoms with Crippen LogP contribution in [-0.4, -0.2) is 17.0 Å². The third-order valence-electron chi connectivity index (χ3n) is 4.83. The molecule has 0 radical (unpaired) electrons. The maximum absolute atomic E-state index is 12.7. The van der Waals surface area contributed by atoms with Crippen molar-refractivity contribution in [2.45, 2.75) is 31.0 Å². The van der Waals surface area contributed by atoms with Gasteiger partial charge in [-0.05, 0) is 37.0 Å². The molecule has 3 rings (SSSR count). The van der Waals surface area contributed by atoms with Crippen molar-refractivity contribution in [3.05, 3.63) is 47.5 Å². The molecule has 24 heavy (non-hydrogen) atoms. The Balaban J connectivity index is 1.76. The maximum atomic E-state index is 12.7. The second-order valence-electron chi connectivity index (χ2n) is 6.27. The topological polar surface area (TPSA) is 66.4 Å². The van der Waals surface area contributed by atoms with E-state index >= 15 is 0 Å². The SMILES string of the molecule is O=C(NC1(c2ccc(C(F)(F)F)cc2)CCC1)[C@H]1C=C[C@H]1C(=O)O. The zero-order valence-corrected chi connectivity index (χ0v) is 12.6. The third kappa shape index (κ3) is 2.79. The standard InChI is InChI=1S/C17H16F3NO3/c18-17(19,20)11-4-2-10(3-5-11)16(8-1-9-16)21-14(22)12-6-7-13(12)15(23)24/h2-7,12-13H,1,8-9H2,(H,21,22)(H,23,24)/t12-,13+/m0/s1. The second-order valence-corrected chi connectivity index (χ2v) is 6.27. The summed E-state index contributed by atoms with van der Waals surface area (Å²) in [5.41, 5.74) is -0.821. The molecule has 1 fully saturated rings. The lowest BCUT2D eigenvalue weighted by atomic mass is 9.70. The van der Waals surface area contributed by atoms with Gasteiger partial charge < -0.3 is 10.4 Å². The van der Waals surface area contributed by atoms with E-state index in [9.17, 15) is 22.8 Å². The van der Waals surface area contributed by atoms with Gasteiger partial charge in [-0.1, -0.05) is 24.3 Å². The third-order valence-corrected chi connectivity index (χ3v) is 4.83. The summed E-state index contributed by atoms with van der Waals surface area (Å²) in [6.07, 6.45) is 0.687. The lowest BCUT2D eigenvalue weighted by Crippen LogP contribution is -2.54. The predicted octanol–water partition coefficient (Wildman–Crippen LogP) is 3.09. The van der Waals surface area contributed by atoms with E-state index in [1.54, 1.807) is 0 Å². The lowest BCUT2D eigenvalue weighted by molar-refractivity contribution is -0.145. The van der Waals surface area contributed by atoms with Crippen molar-refractivity contribution in [2.24, 2.45) is 11.8 Å². The zero-order chi connectivity index (χ0) is 17.5. The molecule has 0 spiro atoms. The fourth-order valence-corrected chi connectivity index (χ4v) is 3.13. The number of halogens is 3. The van der Waals surface area contributed by atoms with Gasteiger partial charge in [-0.2, -0.15) is 13.2 Å². The van der Waals surface area contributed by atoms with Gasteiger partial charge in [0.05, 0.1) is 22.9 Å². The molecule has 0 saturated heterocycles. The van der Waals surface area contributed by atoms with Crippen LogP contribution in [0, 0.1) is 11.8 Å². The Labute approximate surface area is 136 Å². The van der Waals surface area contributed by atoms with Crippen molar-refractivity contribution >= 4 is 11.9 Å². The molecule has 1 amide bonds. The molecule has 4 nitrogen and oxygen atoms in total. The quantitative estimate of drug-likeness (QED) is 0.829. The fraction of sp³-hybridized carbons (Fsp3) is 0.412. The maximum Gasteiger partial charge on any atom is 0.416 e. The summed E-state index contributed by atoms with van der Waals surface area (Å²) in [5.74, 6) is -3.02. The molecule has 0 unspecified atom stereocenters. The molecule has 1 saturated carbocycles. The Hall–Kier alpha value is -2.31. The Kier molecular flexibility index (Phi) is 3.89. The molecule has 2 aliphatic rings. The average molecular weight is 339 g/mol. The summed E-state index contributed by atoms with van der Waals surface area (Å²) < 4.78 is 38.0. The van der Waals surface area contributed by atoms with Crippen LogP contribution in [0.3, 0.4) is 0 Å². The number of rotatable bonds is 4. The summed E-state index contributed by atoms with van der Waals surface area (Å²) in [7, 11) is 0. The summed E-state index contributed by atoms with van der Waals surface area (Å²) in [5, 5.41) is 11.9. The van der Waals surface area contributed by atoms with E-state index in [2.05, 4.69) is 5.32 Å². The molecule has 0 aromatic heterocycles. The number of nitrogens with one attached hydrogen (secondary N) is 1. The van der Waals surface area contributed by atoms with Crippen molar-refractivity contribution in [2.75, 3.05) is 0 Å². The highest BCUT2D eigenvalue weighted by Gasteiger charge is 2.44. The molecule has 0 bridgehead atoms. The van der Waals surface area contributed by atoms with Gasteiger partial charge in [-0.25, -0.2) is 0 Å². The Morgan fingerprint density at radius 2 is 1.67 bits per heavy atom. The van der Waals surface area contributed by atoms with E-state index < -0.39 is 41.0 Å². The molecule has 2 aliphatic carbocycles. The fourth-order valence-electron chi connectivity index (χ4n) is 3.13. The van der Waals surface area contributed by atoms with E-state index in [1.807, 2.05) is 0 Å². The molecular weight excluding hydrogens is 323 g/mol. The molecule has 128 valence electrons. The van der Waals surface area contributed by atoms with E-state index in [-0.39, 0.29) is 0 Å². The second kappa shape index (κ2) is 5.65. The highest BCUT2D eigenvalue weighted by Crippen LogP contribution is 2.43. The van der Waals surface area contributed by atoms with Crippen LogP contribution in [-0.2, 0) is 21.3 Å². The van der Waals surface area contributed by atoms with Crippen molar-refractivity contribution < 1.29 is 27.9 Å². The first-order chi connectivity index (χ1) is 11.2. The number of hydrogen-bond acceptors (Lipinski definition) is 2. The minimum atomic E-state index is -4.40. The van der Waals surface area contributed by atoms with Crippen LogP contribution in [0.25, 0.3) is 0 Å². The van der Waals surface area contributed by atoms with Crippen LogP contribution in [0.4, 0.5) is 13.2 Å². The molecule has 1 aromatic rings. The molecule has 2 N–H and O–H groups in total. The first kappa shape index (κ1) is 16.5. The van der Waals surface area contributed by atoms with Crippen LogP contribution in [0.2, 0.25) is 0 Å². The number of hydrogen-bond donors (Lipinski definition) is 2.